The van der Waals surface area contributed by atoms with E-state index in [1.807, 2.05) is 17.5 Å². The summed E-state index contributed by atoms with van der Waals surface area (Å²) in [4.78, 5) is 16.9. The first kappa shape index (κ1) is 16.6. The van der Waals surface area contributed by atoms with Crippen LogP contribution < -0.4 is 0 Å². The molecule has 6 nitrogen and oxygen atoms in total. The maximum atomic E-state index is 11.8. The molecule has 1 unspecified atom stereocenters. The Labute approximate surface area is 133 Å². The molecule has 0 fully saturated rings. The van der Waals surface area contributed by atoms with Crippen molar-refractivity contribution in [3.05, 3.63) is 23.3 Å². The zero-order chi connectivity index (χ0) is 15.9. The van der Waals surface area contributed by atoms with E-state index in [0.717, 1.165) is 11.3 Å². The number of esters is 1. The number of hydrogen-bond donors (Lipinski definition) is 0. The monoisotopic (exact) mass is 324 g/mol. The third-order valence-electron chi connectivity index (χ3n) is 2.94. The quantitative estimate of drug-likeness (QED) is 0.694. The molecule has 0 aliphatic carbocycles. The second-order valence-electron chi connectivity index (χ2n) is 5.30. The molecular formula is C15H20N2O4S. The zero-order valence-electron chi connectivity index (χ0n) is 12.9. The van der Waals surface area contributed by atoms with Crippen molar-refractivity contribution in [1.29, 1.82) is 0 Å². The lowest BCUT2D eigenvalue weighted by molar-refractivity contribution is -0.157. The number of thiophene rings is 1. The maximum Gasteiger partial charge on any atom is 0.335 e. The fourth-order valence-electron chi connectivity index (χ4n) is 1.61. The van der Waals surface area contributed by atoms with Crippen molar-refractivity contribution in [1.82, 2.24) is 10.1 Å². The first-order valence-electron chi connectivity index (χ1n) is 7.21. The Morgan fingerprint density at radius 1 is 1.41 bits per heavy atom. The molecule has 0 amide bonds. The van der Waals surface area contributed by atoms with Gasteiger partial charge in [-0.15, -0.1) is 11.3 Å². The molecule has 0 saturated heterocycles. The predicted octanol–water partition coefficient (Wildman–Crippen LogP) is 3.29. The van der Waals surface area contributed by atoms with E-state index in [1.165, 1.54) is 11.3 Å². The van der Waals surface area contributed by atoms with Gasteiger partial charge in [0.05, 0.1) is 4.88 Å². The molecule has 2 heterocycles. The molecule has 22 heavy (non-hydrogen) atoms. The van der Waals surface area contributed by atoms with Gasteiger partial charge in [-0.3, -0.25) is 0 Å². The van der Waals surface area contributed by atoms with Gasteiger partial charge in [0.1, 0.15) is 0 Å². The van der Waals surface area contributed by atoms with Crippen LogP contribution in [0.15, 0.2) is 22.0 Å². The van der Waals surface area contributed by atoms with E-state index in [0.29, 0.717) is 24.2 Å². The number of carbonyl (C=O) groups is 1. The van der Waals surface area contributed by atoms with Crippen molar-refractivity contribution >= 4 is 17.3 Å². The molecule has 0 N–H and O–H groups in total. The summed E-state index contributed by atoms with van der Waals surface area (Å²) in [5.74, 6) is 0.887. The van der Waals surface area contributed by atoms with E-state index in [1.54, 1.807) is 6.92 Å². The Bertz CT molecular complexity index is 580. The minimum Gasteiger partial charge on any atom is -0.455 e. The minimum atomic E-state index is -0.595. The summed E-state index contributed by atoms with van der Waals surface area (Å²) in [6.45, 7) is 6.40. The number of carbonyl (C=O) groups excluding carboxylic acids is 1. The summed E-state index contributed by atoms with van der Waals surface area (Å²) >= 11 is 1.51. The standard InChI is InChI=1S/C15H20N2O4S/c1-10(2)6-7-19-11(3)15(18)20-9-13-16-14(21-17-13)12-5-4-8-22-12/h4-5,8,10-11H,6-7,9H2,1-3H3. The van der Waals surface area contributed by atoms with Crippen LogP contribution in [0.25, 0.3) is 10.8 Å². The van der Waals surface area contributed by atoms with E-state index in [2.05, 4.69) is 24.0 Å². The molecular weight excluding hydrogens is 304 g/mol. The van der Waals surface area contributed by atoms with E-state index < -0.39 is 12.1 Å². The van der Waals surface area contributed by atoms with Gasteiger partial charge < -0.3 is 14.0 Å². The minimum absolute atomic E-state index is 0.0222. The molecule has 120 valence electrons. The molecule has 0 aromatic carbocycles. The van der Waals surface area contributed by atoms with Gasteiger partial charge in [-0.2, -0.15) is 4.98 Å². The van der Waals surface area contributed by atoms with Crippen molar-refractivity contribution in [2.75, 3.05) is 6.61 Å². The highest BCUT2D eigenvalue weighted by molar-refractivity contribution is 7.13. The second kappa shape index (κ2) is 8.05. The largest absolute Gasteiger partial charge is 0.455 e. The van der Waals surface area contributed by atoms with Crippen molar-refractivity contribution in [3.8, 4) is 10.8 Å². The molecule has 2 rings (SSSR count). The fraction of sp³-hybridized carbons (Fsp3) is 0.533. The molecule has 0 aliphatic rings. The Morgan fingerprint density at radius 2 is 2.23 bits per heavy atom. The van der Waals surface area contributed by atoms with Crippen molar-refractivity contribution in [3.63, 3.8) is 0 Å². The summed E-state index contributed by atoms with van der Waals surface area (Å²) in [7, 11) is 0. The zero-order valence-corrected chi connectivity index (χ0v) is 13.8. The average Bonchev–Trinajstić information content (AvgIpc) is 3.14. The van der Waals surface area contributed by atoms with Gasteiger partial charge in [0.25, 0.3) is 5.89 Å². The van der Waals surface area contributed by atoms with E-state index in [4.69, 9.17) is 14.0 Å². The van der Waals surface area contributed by atoms with Crippen LogP contribution in [-0.4, -0.2) is 28.8 Å². The number of ether oxygens (including phenoxy) is 2. The molecule has 0 radical (unpaired) electrons. The van der Waals surface area contributed by atoms with Gasteiger partial charge >= 0.3 is 5.97 Å². The lowest BCUT2D eigenvalue weighted by Gasteiger charge is -2.12. The lowest BCUT2D eigenvalue weighted by Crippen LogP contribution is -2.24. The molecule has 1 atom stereocenters. The summed E-state index contributed by atoms with van der Waals surface area (Å²) in [6.07, 6.45) is 0.314. The van der Waals surface area contributed by atoms with Crippen LogP contribution >= 0.6 is 11.3 Å². The summed E-state index contributed by atoms with van der Waals surface area (Å²) in [5.41, 5.74) is 0. The van der Waals surface area contributed by atoms with E-state index in [-0.39, 0.29) is 6.61 Å². The highest BCUT2D eigenvalue weighted by atomic mass is 32.1. The Kier molecular flexibility index (Phi) is 6.09. The van der Waals surface area contributed by atoms with Crippen LogP contribution in [0.5, 0.6) is 0 Å². The summed E-state index contributed by atoms with van der Waals surface area (Å²) in [5, 5.41) is 5.72. The summed E-state index contributed by atoms with van der Waals surface area (Å²) in [6, 6.07) is 3.79. The number of aromatic nitrogens is 2. The van der Waals surface area contributed by atoms with Gasteiger partial charge in [-0.1, -0.05) is 25.1 Å². The Morgan fingerprint density at radius 3 is 2.91 bits per heavy atom. The van der Waals surface area contributed by atoms with Crippen LogP contribution in [0.2, 0.25) is 0 Å². The normalized spacial score (nSPS) is 12.5. The molecule has 2 aromatic heterocycles. The van der Waals surface area contributed by atoms with Crippen LogP contribution in [0.4, 0.5) is 0 Å². The second-order valence-corrected chi connectivity index (χ2v) is 6.24. The van der Waals surface area contributed by atoms with Gasteiger partial charge in [0.15, 0.2) is 12.7 Å². The van der Waals surface area contributed by atoms with Crippen LogP contribution in [0.1, 0.15) is 33.0 Å². The topological polar surface area (TPSA) is 74.5 Å². The number of hydrogen-bond acceptors (Lipinski definition) is 7. The average molecular weight is 324 g/mol. The molecule has 0 aliphatic heterocycles. The molecule has 0 bridgehead atoms. The van der Waals surface area contributed by atoms with Crippen LogP contribution in [0.3, 0.4) is 0 Å². The van der Waals surface area contributed by atoms with Gasteiger partial charge in [-0.25, -0.2) is 4.79 Å². The highest BCUT2D eigenvalue weighted by Crippen LogP contribution is 2.22. The summed E-state index contributed by atoms with van der Waals surface area (Å²) < 4.78 is 15.7. The van der Waals surface area contributed by atoms with E-state index in [9.17, 15) is 4.79 Å². The number of rotatable bonds is 8. The molecule has 7 heteroatoms. The van der Waals surface area contributed by atoms with Gasteiger partial charge in [0.2, 0.25) is 5.82 Å². The van der Waals surface area contributed by atoms with Crippen molar-refractivity contribution in [2.24, 2.45) is 5.92 Å². The number of nitrogens with zero attached hydrogens (tertiary/aromatic N) is 2. The highest BCUT2D eigenvalue weighted by Gasteiger charge is 2.17. The van der Waals surface area contributed by atoms with Crippen molar-refractivity contribution in [2.45, 2.75) is 39.9 Å². The fourth-order valence-corrected chi connectivity index (χ4v) is 2.26. The Balaban J connectivity index is 1.76. The van der Waals surface area contributed by atoms with Crippen molar-refractivity contribution < 1.29 is 18.8 Å². The van der Waals surface area contributed by atoms with Gasteiger partial charge in [-0.05, 0) is 30.7 Å². The first-order valence-corrected chi connectivity index (χ1v) is 8.09. The SMILES string of the molecule is CC(C)CCOC(C)C(=O)OCc1noc(-c2cccs2)n1. The first-order chi connectivity index (χ1) is 10.6. The van der Waals surface area contributed by atoms with Crippen LogP contribution in [0, 0.1) is 5.92 Å². The molecule has 0 saturated carbocycles. The lowest BCUT2D eigenvalue weighted by atomic mass is 10.1. The smallest absolute Gasteiger partial charge is 0.335 e. The van der Waals surface area contributed by atoms with Crippen LogP contribution in [-0.2, 0) is 20.9 Å². The molecule has 2 aromatic rings. The van der Waals surface area contributed by atoms with E-state index >= 15 is 0 Å². The third kappa shape index (κ3) is 4.92. The predicted molar refractivity (Wildman–Crippen MR) is 82.3 cm³/mol. The van der Waals surface area contributed by atoms with Gasteiger partial charge in [0, 0.05) is 6.61 Å². The Hall–Kier alpha value is -1.73. The molecule has 0 spiro atoms. The maximum absolute atomic E-state index is 11.8. The third-order valence-corrected chi connectivity index (χ3v) is 3.80.